The molecule has 1 saturated heterocycles. The zero-order chi connectivity index (χ0) is 21.8. The van der Waals surface area contributed by atoms with Gasteiger partial charge in [-0.05, 0) is 42.6 Å². The minimum Gasteiger partial charge on any atom is -0.495 e. The van der Waals surface area contributed by atoms with Crippen molar-refractivity contribution in [3.8, 4) is 23.0 Å². The summed E-state index contributed by atoms with van der Waals surface area (Å²) in [5, 5.41) is 2.51. The van der Waals surface area contributed by atoms with Crippen LogP contribution in [0.15, 0.2) is 42.0 Å². The Balaban J connectivity index is 2.12. The molecule has 30 heavy (non-hydrogen) atoms. The molecule has 2 amide bonds. The molecule has 0 radical (unpaired) electrons. The maximum atomic E-state index is 13.3. The van der Waals surface area contributed by atoms with Gasteiger partial charge in [-0.3, -0.25) is 14.9 Å². The Hall–Kier alpha value is -3.59. The number of hydrogen-bond donors (Lipinski definition) is 1. The lowest BCUT2D eigenvalue weighted by atomic mass is 10.0. The Morgan fingerprint density at radius 1 is 0.867 bits per heavy atom. The predicted octanol–water partition coefficient (Wildman–Crippen LogP) is 2.55. The number of benzene rings is 2. The number of nitrogens with zero attached hydrogens (tertiary/aromatic N) is 1. The van der Waals surface area contributed by atoms with Gasteiger partial charge in [0.1, 0.15) is 11.3 Å². The highest BCUT2D eigenvalue weighted by Crippen LogP contribution is 2.41. The molecule has 1 heterocycles. The monoisotopic (exact) mass is 428 g/mol. The van der Waals surface area contributed by atoms with Crippen molar-refractivity contribution in [3.63, 3.8) is 0 Å². The number of ether oxygens (including phenoxy) is 4. The van der Waals surface area contributed by atoms with Crippen molar-refractivity contribution in [1.82, 2.24) is 5.32 Å². The molecule has 0 spiro atoms. The molecule has 3 rings (SSSR count). The van der Waals surface area contributed by atoms with Crippen LogP contribution >= 0.6 is 12.2 Å². The van der Waals surface area contributed by atoms with Gasteiger partial charge in [-0.15, -0.1) is 0 Å². The molecular weight excluding hydrogens is 408 g/mol. The van der Waals surface area contributed by atoms with E-state index in [4.69, 9.17) is 31.2 Å². The van der Waals surface area contributed by atoms with Gasteiger partial charge in [0.25, 0.3) is 11.8 Å². The summed E-state index contributed by atoms with van der Waals surface area (Å²) >= 11 is 5.24. The smallest absolute Gasteiger partial charge is 0.270 e. The van der Waals surface area contributed by atoms with E-state index in [0.717, 1.165) is 0 Å². The number of para-hydroxylation sites is 2. The van der Waals surface area contributed by atoms with Gasteiger partial charge in [0.15, 0.2) is 16.6 Å². The summed E-state index contributed by atoms with van der Waals surface area (Å²) in [5.41, 5.74) is 0.752. The van der Waals surface area contributed by atoms with Crippen molar-refractivity contribution in [2.24, 2.45) is 0 Å². The third kappa shape index (κ3) is 3.67. The number of amides is 2. The molecule has 8 nitrogen and oxygen atoms in total. The molecular formula is C21H20N2O6S. The minimum atomic E-state index is -0.618. The molecule has 1 aliphatic heterocycles. The molecule has 0 saturated carbocycles. The SMILES string of the molecule is COc1ccccc1N1C(=O)C(=Cc2ccc(OC)c(OC)c2OC)C(=O)NC1=S. The highest BCUT2D eigenvalue weighted by molar-refractivity contribution is 7.80. The topological polar surface area (TPSA) is 86.3 Å². The van der Waals surface area contributed by atoms with Crippen molar-refractivity contribution in [1.29, 1.82) is 0 Å². The van der Waals surface area contributed by atoms with Crippen LogP contribution in [0.1, 0.15) is 5.56 Å². The van der Waals surface area contributed by atoms with Crippen LogP contribution < -0.4 is 29.2 Å². The molecule has 0 unspecified atom stereocenters. The van der Waals surface area contributed by atoms with Crippen molar-refractivity contribution >= 4 is 40.9 Å². The zero-order valence-electron chi connectivity index (χ0n) is 16.8. The second-order valence-corrected chi connectivity index (χ2v) is 6.44. The molecule has 2 aromatic carbocycles. The second-order valence-electron chi connectivity index (χ2n) is 6.05. The molecule has 0 bridgehead atoms. The first-order valence-corrected chi connectivity index (χ1v) is 9.21. The first-order valence-electron chi connectivity index (χ1n) is 8.80. The van der Waals surface area contributed by atoms with Crippen molar-refractivity contribution < 1.29 is 28.5 Å². The maximum Gasteiger partial charge on any atom is 0.270 e. The van der Waals surface area contributed by atoms with Crippen LogP contribution in [0.5, 0.6) is 23.0 Å². The van der Waals surface area contributed by atoms with E-state index in [2.05, 4.69) is 5.32 Å². The van der Waals surface area contributed by atoms with Crippen molar-refractivity contribution in [2.45, 2.75) is 0 Å². The summed E-state index contributed by atoms with van der Waals surface area (Å²) in [6.45, 7) is 0. The van der Waals surface area contributed by atoms with Crippen LogP contribution in [0.2, 0.25) is 0 Å². The number of nitrogens with one attached hydrogen (secondary N) is 1. The Labute approximate surface area is 179 Å². The number of carbonyl (C=O) groups is 2. The first kappa shape index (κ1) is 21.1. The molecule has 1 N–H and O–H groups in total. The van der Waals surface area contributed by atoms with E-state index >= 15 is 0 Å². The van der Waals surface area contributed by atoms with Crippen LogP contribution in [-0.4, -0.2) is 45.4 Å². The van der Waals surface area contributed by atoms with Crippen molar-refractivity contribution in [2.75, 3.05) is 33.3 Å². The second kappa shape index (κ2) is 8.83. The highest BCUT2D eigenvalue weighted by Gasteiger charge is 2.36. The van der Waals surface area contributed by atoms with E-state index in [9.17, 15) is 9.59 Å². The van der Waals surface area contributed by atoms with Crippen LogP contribution in [0.25, 0.3) is 6.08 Å². The Kier molecular flexibility index (Phi) is 6.22. The number of rotatable bonds is 6. The fourth-order valence-electron chi connectivity index (χ4n) is 3.08. The van der Waals surface area contributed by atoms with Gasteiger partial charge in [-0.25, -0.2) is 4.90 Å². The van der Waals surface area contributed by atoms with Crippen LogP contribution in [0.3, 0.4) is 0 Å². The van der Waals surface area contributed by atoms with Crippen LogP contribution in [0.4, 0.5) is 5.69 Å². The first-order chi connectivity index (χ1) is 14.5. The summed E-state index contributed by atoms with van der Waals surface area (Å²) in [7, 11) is 5.91. The summed E-state index contributed by atoms with van der Waals surface area (Å²) in [6, 6.07) is 10.2. The predicted molar refractivity (Wildman–Crippen MR) is 115 cm³/mol. The molecule has 156 valence electrons. The average Bonchev–Trinajstić information content (AvgIpc) is 2.76. The van der Waals surface area contributed by atoms with Gasteiger partial charge in [-0.1, -0.05) is 12.1 Å². The maximum absolute atomic E-state index is 13.3. The van der Waals surface area contributed by atoms with Gasteiger partial charge in [0, 0.05) is 5.56 Å². The van der Waals surface area contributed by atoms with Crippen LogP contribution in [-0.2, 0) is 9.59 Å². The third-order valence-corrected chi connectivity index (χ3v) is 4.75. The van der Waals surface area contributed by atoms with E-state index in [1.54, 1.807) is 36.4 Å². The van der Waals surface area contributed by atoms with Gasteiger partial charge in [-0.2, -0.15) is 0 Å². The quantitative estimate of drug-likeness (QED) is 0.430. The molecule has 2 aromatic rings. The molecule has 0 atom stereocenters. The lowest BCUT2D eigenvalue weighted by Crippen LogP contribution is -2.54. The van der Waals surface area contributed by atoms with E-state index in [1.807, 2.05) is 0 Å². The number of carbonyl (C=O) groups excluding carboxylic acids is 2. The molecule has 0 aromatic heterocycles. The van der Waals surface area contributed by atoms with E-state index in [1.165, 1.54) is 39.4 Å². The Morgan fingerprint density at radius 2 is 1.53 bits per heavy atom. The van der Waals surface area contributed by atoms with Crippen LogP contribution in [0, 0.1) is 0 Å². The largest absolute Gasteiger partial charge is 0.495 e. The summed E-state index contributed by atoms with van der Waals surface area (Å²) < 4.78 is 21.4. The van der Waals surface area contributed by atoms with Gasteiger partial charge >= 0.3 is 0 Å². The zero-order valence-corrected chi connectivity index (χ0v) is 17.7. The van der Waals surface area contributed by atoms with E-state index in [0.29, 0.717) is 34.2 Å². The van der Waals surface area contributed by atoms with E-state index < -0.39 is 11.8 Å². The molecule has 0 aliphatic carbocycles. The van der Waals surface area contributed by atoms with Gasteiger partial charge in [0.05, 0.1) is 34.1 Å². The number of hydrogen-bond acceptors (Lipinski definition) is 7. The summed E-state index contributed by atoms with van der Waals surface area (Å²) in [4.78, 5) is 27.1. The summed E-state index contributed by atoms with van der Waals surface area (Å²) in [5.74, 6) is 0.343. The summed E-state index contributed by atoms with van der Waals surface area (Å²) in [6.07, 6.45) is 1.42. The number of methoxy groups -OCH3 is 4. The lowest BCUT2D eigenvalue weighted by Gasteiger charge is -2.29. The van der Waals surface area contributed by atoms with Crippen molar-refractivity contribution in [3.05, 3.63) is 47.5 Å². The third-order valence-electron chi connectivity index (χ3n) is 4.46. The number of anilines is 1. The fourth-order valence-corrected chi connectivity index (χ4v) is 3.36. The molecule has 1 fully saturated rings. The van der Waals surface area contributed by atoms with E-state index in [-0.39, 0.29) is 10.7 Å². The Morgan fingerprint density at radius 3 is 2.17 bits per heavy atom. The normalized spacial score (nSPS) is 15.1. The number of thiocarbonyl (C=S) groups is 1. The molecule has 9 heteroatoms. The van der Waals surface area contributed by atoms with Gasteiger partial charge < -0.3 is 18.9 Å². The molecule has 1 aliphatic rings. The average molecular weight is 428 g/mol. The highest BCUT2D eigenvalue weighted by atomic mass is 32.1. The standard InChI is InChI=1S/C21H20N2O6S/c1-26-15-8-6-5-7-14(15)23-20(25)13(19(24)22-21(23)30)11-12-9-10-16(27-2)18(29-4)17(12)28-3/h5-11H,1-4H3,(H,22,24,30). The lowest BCUT2D eigenvalue weighted by molar-refractivity contribution is -0.122. The van der Waals surface area contributed by atoms with Gasteiger partial charge in [0.2, 0.25) is 5.75 Å². The minimum absolute atomic E-state index is 0.0362. The Bertz CT molecular complexity index is 1050. The fraction of sp³-hybridized carbons (Fsp3) is 0.190.